The molecule has 2 aromatic rings. The van der Waals surface area contributed by atoms with Gasteiger partial charge in [0.2, 0.25) is 0 Å². The maximum Gasteiger partial charge on any atom is 0.167 e. The lowest BCUT2D eigenvalue weighted by molar-refractivity contribution is 0.0992. The average molecular weight is 342 g/mol. The Bertz CT molecular complexity index is 640. The van der Waals surface area contributed by atoms with Crippen molar-refractivity contribution in [2.75, 3.05) is 0 Å². The predicted octanol–water partition coefficient (Wildman–Crippen LogP) is 4.98. The molecule has 0 heterocycles. The first-order chi connectivity index (χ1) is 8.97. The van der Waals surface area contributed by atoms with E-state index in [1.807, 2.05) is 13.0 Å². The lowest BCUT2D eigenvalue weighted by Crippen LogP contribution is -2.06. The van der Waals surface area contributed by atoms with Gasteiger partial charge in [0.25, 0.3) is 0 Å². The molecular weight excluding hydrogens is 331 g/mol. The summed E-state index contributed by atoms with van der Waals surface area (Å²) in [6.07, 6.45) is 0.210. The number of rotatable bonds is 3. The molecule has 0 bridgehead atoms. The summed E-state index contributed by atoms with van der Waals surface area (Å²) in [4.78, 5) is 12.3. The number of hydrogen-bond donors (Lipinski definition) is 0. The Morgan fingerprint density at radius 1 is 1.26 bits per heavy atom. The minimum absolute atomic E-state index is 0.0349. The van der Waals surface area contributed by atoms with Gasteiger partial charge in [0.15, 0.2) is 5.78 Å². The standard InChI is InChI=1S/C15H11BrClFO/c1-9-2-4-11(17)7-13(9)15(19)6-10-3-5-12(18)8-14(10)16/h2-5,7-8H,6H2,1H3. The first-order valence-electron chi connectivity index (χ1n) is 5.70. The van der Waals surface area contributed by atoms with E-state index in [0.717, 1.165) is 11.1 Å². The molecule has 0 radical (unpaired) electrons. The van der Waals surface area contributed by atoms with E-state index in [9.17, 15) is 9.18 Å². The molecule has 4 heteroatoms. The molecule has 0 unspecified atom stereocenters. The third-order valence-corrected chi connectivity index (χ3v) is 3.84. The highest BCUT2D eigenvalue weighted by molar-refractivity contribution is 9.10. The second-order valence-electron chi connectivity index (χ2n) is 4.29. The van der Waals surface area contributed by atoms with Crippen LogP contribution in [0.3, 0.4) is 0 Å². The van der Waals surface area contributed by atoms with Crippen molar-refractivity contribution in [3.05, 3.63) is 68.4 Å². The second-order valence-corrected chi connectivity index (χ2v) is 5.59. The molecule has 1 nitrogen and oxygen atoms in total. The SMILES string of the molecule is Cc1ccc(Cl)cc1C(=O)Cc1ccc(F)cc1Br. The van der Waals surface area contributed by atoms with Crippen LogP contribution in [0.1, 0.15) is 21.5 Å². The summed E-state index contributed by atoms with van der Waals surface area (Å²) in [5.41, 5.74) is 2.24. The van der Waals surface area contributed by atoms with Crippen molar-refractivity contribution in [3.63, 3.8) is 0 Å². The maximum absolute atomic E-state index is 13.0. The van der Waals surface area contributed by atoms with Crippen molar-refractivity contribution >= 4 is 33.3 Å². The fourth-order valence-corrected chi connectivity index (χ4v) is 2.49. The van der Waals surface area contributed by atoms with Gasteiger partial charge >= 0.3 is 0 Å². The molecule has 0 saturated carbocycles. The van der Waals surface area contributed by atoms with Crippen LogP contribution in [0.4, 0.5) is 4.39 Å². The third kappa shape index (κ3) is 3.43. The van der Waals surface area contributed by atoms with Crippen LogP contribution < -0.4 is 0 Å². The highest BCUT2D eigenvalue weighted by Gasteiger charge is 2.12. The summed E-state index contributed by atoms with van der Waals surface area (Å²) in [7, 11) is 0. The molecule has 0 aliphatic heterocycles. The average Bonchev–Trinajstić information content (AvgIpc) is 2.35. The molecule has 0 spiro atoms. The van der Waals surface area contributed by atoms with E-state index in [4.69, 9.17) is 11.6 Å². The fraction of sp³-hybridized carbons (Fsp3) is 0.133. The maximum atomic E-state index is 13.0. The zero-order valence-corrected chi connectivity index (χ0v) is 12.6. The van der Waals surface area contributed by atoms with Crippen LogP contribution in [-0.2, 0) is 6.42 Å². The summed E-state index contributed by atoms with van der Waals surface area (Å²) in [5, 5.41) is 0.534. The number of halogens is 3. The summed E-state index contributed by atoms with van der Waals surface area (Å²) in [6.45, 7) is 1.86. The first kappa shape index (κ1) is 14.2. The Morgan fingerprint density at radius 2 is 2.00 bits per heavy atom. The molecule has 2 aromatic carbocycles. The fourth-order valence-electron chi connectivity index (χ4n) is 1.83. The summed E-state index contributed by atoms with van der Waals surface area (Å²) in [5.74, 6) is -0.366. The Kier molecular flexibility index (Phi) is 4.38. The van der Waals surface area contributed by atoms with Crippen LogP contribution in [0.15, 0.2) is 40.9 Å². The first-order valence-corrected chi connectivity index (χ1v) is 6.88. The van der Waals surface area contributed by atoms with Crippen LogP contribution in [0.25, 0.3) is 0 Å². The minimum atomic E-state index is -0.331. The number of hydrogen-bond acceptors (Lipinski definition) is 1. The van der Waals surface area contributed by atoms with Gasteiger partial charge in [-0.3, -0.25) is 4.79 Å². The van der Waals surface area contributed by atoms with Crippen molar-refractivity contribution in [2.45, 2.75) is 13.3 Å². The molecular formula is C15H11BrClFO. The molecule has 0 fully saturated rings. The molecule has 0 aliphatic carbocycles. The van der Waals surface area contributed by atoms with Crippen LogP contribution in [-0.4, -0.2) is 5.78 Å². The quantitative estimate of drug-likeness (QED) is 0.720. The van der Waals surface area contributed by atoms with Gasteiger partial charge in [0.1, 0.15) is 5.82 Å². The van der Waals surface area contributed by atoms with Gasteiger partial charge in [-0.05, 0) is 42.3 Å². The van der Waals surface area contributed by atoms with E-state index >= 15 is 0 Å². The number of carbonyl (C=O) groups excluding carboxylic acids is 1. The second kappa shape index (κ2) is 5.85. The summed E-state index contributed by atoms with van der Waals surface area (Å²) >= 11 is 9.17. The van der Waals surface area contributed by atoms with Crippen LogP contribution in [0.5, 0.6) is 0 Å². The normalized spacial score (nSPS) is 10.5. The zero-order chi connectivity index (χ0) is 14.0. The largest absolute Gasteiger partial charge is 0.294 e. The molecule has 2 rings (SSSR count). The monoisotopic (exact) mass is 340 g/mol. The Balaban J connectivity index is 2.28. The Morgan fingerprint density at radius 3 is 2.68 bits per heavy atom. The number of carbonyl (C=O) groups is 1. The van der Waals surface area contributed by atoms with Gasteiger partial charge in [0, 0.05) is 21.5 Å². The van der Waals surface area contributed by atoms with E-state index in [0.29, 0.717) is 15.1 Å². The third-order valence-electron chi connectivity index (χ3n) is 2.87. The van der Waals surface area contributed by atoms with E-state index in [-0.39, 0.29) is 18.0 Å². The van der Waals surface area contributed by atoms with Gasteiger partial charge in [-0.15, -0.1) is 0 Å². The molecule has 98 valence electrons. The molecule has 0 aromatic heterocycles. The number of Topliss-reactive ketones (excluding diaryl/α,β-unsaturated/α-hetero) is 1. The van der Waals surface area contributed by atoms with Crippen molar-refractivity contribution < 1.29 is 9.18 Å². The van der Waals surface area contributed by atoms with E-state index in [2.05, 4.69) is 15.9 Å². The summed E-state index contributed by atoms with van der Waals surface area (Å²) in [6, 6.07) is 9.54. The van der Waals surface area contributed by atoms with E-state index < -0.39 is 0 Å². The van der Waals surface area contributed by atoms with Crippen LogP contribution in [0, 0.1) is 12.7 Å². The molecule has 0 saturated heterocycles. The lowest BCUT2D eigenvalue weighted by Gasteiger charge is -2.07. The number of benzene rings is 2. The van der Waals surface area contributed by atoms with Gasteiger partial charge in [0.05, 0.1) is 0 Å². The van der Waals surface area contributed by atoms with Gasteiger partial charge in [-0.25, -0.2) is 4.39 Å². The topological polar surface area (TPSA) is 17.1 Å². The van der Waals surface area contributed by atoms with Crippen LogP contribution >= 0.6 is 27.5 Å². The molecule has 0 atom stereocenters. The molecule has 19 heavy (non-hydrogen) atoms. The number of ketones is 1. The number of aryl methyl sites for hydroxylation is 1. The van der Waals surface area contributed by atoms with E-state index in [1.54, 1.807) is 18.2 Å². The van der Waals surface area contributed by atoms with Crippen molar-refractivity contribution in [3.8, 4) is 0 Å². The predicted molar refractivity (Wildman–Crippen MR) is 78.3 cm³/mol. The van der Waals surface area contributed by atoms with E-state index in [1.165, 1.54) is 12.1 Å². The highest BCUT2D eigenvalue weighted by atomic mass is 79.9. The van der Waals surface area contributed by atoms with Gasteiger partial charge in [-0.2, -0.15) is 0 Å². The zero-order valence-electron chi connectivity index (χ0n) is 10.2. The molecule has 0 amide bonds. The van der Waals surface area contributed by atoms with Crippen molar-refractivity contribution in [2.24, 2.45) is 0 Å². The molecule has 0 aliphatic rings. The van der Waals surface area contributed by atoms with Gasteiger partial charge in [-0.1, -0.05) is 39.7 Å². The Hall–Kier alpha value is -1.19. The molecule has 0 N–H and O–H groups in total. The lowest BCUT2D eigenvalue weighted by atomic mass is 9.99. The smallest absolute Gasteiger partial charge is 0.167 e. The van der Waals surface area contributed by atoms with Gasteiger partial charge < -0.3 is 0 Å². The summed E-state index contributed by atoms with van der Waals surface area (Å²) < 4.78 is 13.6. The van der Waals surface area contributed by atoms with Crippen LogP contribution in [0.2, 0.25) is 5.02 Å². The van der Waals surface area contributed by atoms with Crippen molar-refractivity contribution in [1.29, 1.82) is 0 Å². The Labute approximate surface area is 124 Å². The minimum Gasteiger partial charge on any atom is -0.294 e. The highest BCUT2D eigenvalue weighted by Crippen LogP contribution is 2.22. The van der Waals surface area contributed by atoms with Crippen molar-refractivity contribution in [1.82, 2.24) is 0 Å².